The van der Waals surface area contributed by atoms with Crippen LogP contribution in [-0.4, -0.2) is 27.7 Å². The van der Waals surface area contributed by atoms with E-state index in [-0.39, 0.29) is 17.2 Å². The molecule has 1 heterocycles. The molecule has 1 aromatic heterocycles. The Balaban J connectivity index is 1.60. The third-order valence-electron chi connectivity index (χ3n) is 4.86. The highest BCUT2D eigenvalue weighted by Crippen LogP contribution is 2.33. The molecule has 4 N–H and O–H groups in total. The predicted molar refractivity (Wildman–Crippen MR) is 117 cm³/mol. The number of rotatable bonds is 10. The summed E-state index contributed by atoms with van der Waals surface area (Å²) < 4.78 is 5.70. The average molecular weight is 408 g/mol. The van der Waals surface area contributed by atoms with Crippen molar-refractivity contribution >= 4 is 11.6 Å². The molecule has 3 rings (SSSR count). The number of aromatic hydroxyl groups is 2. The van der Waals surface area contributed by atoms with Gasteiger partial charge in [0.25, 0.3) is 5.91 Å². The summed E-state index contributed by atoms with van der Waals surface area (Å²) in [6.45, 7) is 2.84. The molecule has 0 spiro atoms. The molecule has 0 bridgehead atoms. The number of H-pyrrole nitrogens is 1. The van der Waals surface area contributed by atoms with Gasteiger partial charge >= 0.3 is 0 Å². The maximum absolute atomic E-state index is 12.6. The van der Waals surface area contributed by atoms with Gasteiger partial charge in [0, 0.05) is 12.1 Å². The van der Waals surface area contributed by atoms with E-state index in [4.69, 9.17) is 4.74 Å². The van der Waals surface area contributed by atoms with Crippen LogP contribution in [0.25, 0.3) is 0 Å². The first kappa shape index (κ1) is 21.3. The van der Waals surface area contributed by atoms with Gasteiger partial charge in [-0.1, -0.05) is 56.5 Å². The minimum Gasteiger partial charge on any atom is -0.505 e. The van der Waals surface area contributed by atoms with Gasteiger partial charge in [-0.05, 0) is 36.2 Å². The van der Waals surface area contributed by atoms with E-state index in [1.165, 1.54) is 12.8 Å². The van der Waals surface area contributed by atoms with Crippen molar-refractivity contribution in [3.63, 3.8) is 0 Å². The zero-order valence-electron chi connectivity index (χ0n) is 17.1. The zero-order valence-corrected chi connectivity index (χ0v) is 17.1. The van der Waals surface area contributed by atoms with Crippen molar-refractivity contribution in [1.82, 2.24) is 4.98 Å². The Morgan fingerprint density at radius 1 is 1.00 bits per heavy atom. The summed E-state index contributed by atoms with van der Waals surface area (Å²) in [4.78, 5) is 15.3. The fourth-order valence-electron chi connectivity index (χ4n) is 3.22. The van der Waals surface area contributed by atoms with Gasteiger partial charge in [0.2, 0.25) is 5.88 Å². The number of nitrogens with one attached hydrogen (secondary N) is 2. The molecule has 0 aliphatic carbocycles. The highest BCUT2D eigenvalue weighted by Gasteiger charge is 2.23. The zero-order chi connectivity index (χ0) is 21.3. The summed E-state index contributed by atoms with van der Waals surface area (Å²) >= 11 is 0. The molecule has 6 nitrogen and oxygen atoms in total. The van der Waals surface area contributed by atoms with Gasteiger partial charge in [0.15, 0.2) is 5.75 Å². The first-order chi connectivity index (χ1) is 14.6. The van der Waals surface area contributed by atoms with Crippen LogP contribution in [0.2, 0.25) is 0 Å². The number of hydrogen-bond acceptors (Lipinski definition) is 4. The Hall–Kier alpha value is -3.41. The molecule has 0 aliphatic rings. The molecule has 0 atom stereocenters. The van der Waals surface area contributed by atoms with E-state index in [1.54, 1.807) is 24.3 Å². The molecule has 0 unspecified atom stereocenters. The predicted octanol–water partition coefficient (Wildman–Crippen LogP) is 5.23. The van der Waals surface area contributed by atoms with Crippen molar-refractivity contribution in [3.8, 4) is 17.4 Å². The van der Waals surface area contributed by atoms with Crippen LogP contribution < -0.4 is 10.1 Å². The van der Waals surface area contributed by atoms with E-state index < -0.39 is 5.91 Å². The maximum Gasteiger partial charge on any atom is 0.264 e. The standard InChI is InChI=1S/C24H28N2O4/c1-2-3-4-8-15-30-19-13-11-18(12-14-19)25-23(28)21-22(27)20(26-24(21)29)16-17-9-6-5-7-10-17/h5-7,9-14,26-27,29H,2-4,8,15-16H2,1H3,(H,25,28). The van der Waals surface area contributed by atoms with Crippen LogP contribution in [0.3, 0.4) is 0 Å². The van der Waals surface area contributed by atoms with Gasteiger partial charge in [0.05, 0.1) is 12.3 Å². The van der Waals surface area contributed by atoms with Crippen LogP contribution >= 0.6 is 0 Å². The molecular weight excluding hydrogens is 380 g/mol. The van der Waals surface area contributed by atoms with Gasteiger partial charge in [-0.3, -0.25) is 4.79 Å². The summed E-state index contributed by atoms with van der Waals surface area (Å²) in [6.07, 6.45) is 4.94. The van der Waals surface area contributed by atoms with Crippen molar-refractivity contribution in [1.29, 1.82) is 0 Å². The Labute approximate surface area is 176 Å². The molecule has 0 aliphatic heterocycles. The number of anilines is 1. The molecule has 2 aromatic carbocycles. The summed E-state index contributed by atoms with van der Waals surface area (Å²) in [5.41, 5.74) is 1.71. The number of aromatic amines is 1. The Kier molecular flexibility index (Phi) is 7.38. The number of aromatic nitrogens is 1. The highest BCUT2D eigenvalue weighted by molar-refractivity contribution is 6.08. The molecule has 0 saturated carbocycles. The summed E-state index contributed by atoms with van der Waals surface area (Å²) in [5.74, 6) is -0.459. The fourth-order valence-corrected chi connectivity index (χ4v) is 3.22. The molecule has 0 fully saturated rings. The molecule has 0 saturated heterocycles. The fraction of sp³-hybridized carbons (Fsp3) is 0.292. The van der Waals surface area contributed by atoms with E-state index in [2.05, 4.69) is 17.2 Å². The minimum atomic E-state index is -0.589. The highest BCUT2D eigenvalue weighted by atomic mass is 16.5. The Bertz CT molecular complexity index is 949. The number of hydrogen-bond donors (Lipinski definition) is 4. The number of carbonyl (C=O) groups is 1. The average Bonchev–Trinajstić information content (AvgIpc) is 3.02. The van der Waals surface area contributed by atoms with E-state index in [1.807, 2.05) is 30.3 Å². The SMILES string of the molecule is CCCCCCOc1ccc(NC(=O)c2c(O)[nH]c(Cc3ccccc3)c2O)cc1. The van der Waals surface area contributed by atoms with Gasteiger partial charge in [-0.2, -0.15) is 0 Å². The van der Waals surface area contributed by atoms with Crippen LogP contribution in [0.4, 0.5) is 5.69 Å². The summed E-state index contributed by atoms with van der Waals surface area (Å²) in [7, 11) is 0. The number of carbonyl (C=O) groups excluding carboxylic acids is 1. The second-order valence-corrected chi connectivity index (χ2v) is 7.23. The summed E-state index contributed by atoms with van der Waals surface area (Å²) in [5, 5.41) is 23.3. The van der Waals surface area contributed by atoms with Crippen molar-refractivity contribution in [2.75, 3.05) is 11.9 Å². The number of amides is 1. The third kappa shape index (κ3) is 5.56. The smallest absolute Gasteiger partial charge is 0.264 e. The second-order valence-electron chi connectivity index (χ2n) is 7.23. The van der Waals surface area contributed by atoms with Crippen LogP contribution in [0.1, 0.15) is 54.2 Å². The molecule has 6 heteroatoms. The lowest BCUT2D eigenvalue weighted by molar-refractivity contribution is 0.102. The van der Waals surface area contributed by atoms with Crippen LogP contribution in [0.5, 0.6) is 17.4 Å². The maximum atomic E-state index is 12.6. The largest absolute Gasteiger partial charge is 0.505 e. The quantitative estimate of drug-likeness (QED) is 0.346. The van der Waals surface area contributed by atoms with E-state index >= 15 is 0 Å². The first-order valence-electron chi connectivity index (χ1n) is 10.3. The lowest BCUT2D eigenvalue weighted by atomic mass is 10.1. The monoisotopic (exact) mass is 408 g/mol. The van der Waals surface area contributed by atoms with Crippen LogP contribution in [0.15, 0.2) is 54.6 Å². The lowest BCUT2D eigenvalue weighted by Gasteiger charge is -2.08. The van der Waals surface area contributed by atoms with E-state index in [0.717, 1.165) is 24.2 Å². The normalized spacial score (nSPS) is 10.7. The Morgan fingerprint density at radius 3 is 2.43 bits per heavy atom. The molecular formula is C24H28N2O4. The molecule has 0 radical (unpaired) electrons. The van der Waals surface area contributed by atoms with Gasteiger partial charge < -0.3 is 25.3 Å². The Morgan fingerprint density at radius 2 is 1.73 bits per heavy atom. The van der Waals surface area contributed by atoms with Crippen molar-refractivity contribution in [2.24, 2.45) is 0 Å². The summed E-state index contributed by atoms with van der Waals surface area (Å²) in [6, 6.07) is 16.5. The number of ether oxygens (including phenoxy) is 1. The van der Waals surface area contributed by atoms with Gasteiger partial charge in [-0.15, -0.1) is 0 Å². The number of unbranched alkanes of at least 4 members (excludes halogenated alkanes) is 3. The third-order valence-corrected chi connectivity index (χ3v) is 4.86. The van der Waals surface area contributed by atoms with Crippen LogP contribution in [0, 0.1) is 0 Å². The van der Waals surface area contributed by atoms with E-state index in [9.17, 15) is 15.0 Å². The van der Waals surface area contributed by atoms with Crippen molar-refractivity contribution in [2.45, 2.75) is 39.0 Å². The number of benzene rings is 2. The van der Waals surface area contributed by atoms with E-state index in [0.29, 0.717) is 24.4 Å². The van der Waals surface area contributed by atoms with Gasteiger partial charge in [0.1, 0.15) is 11.3 Å². The van der Waals surface area contributed by atoms with Crippen molar-refractivity contribution < 1.29 is 19.7 Å². The molecule has 1 amide bonds. The van der Waals surface area contributed by atoms with Crippen molar-refractivity contribution in [3.05, 3.63) is 71.4 Å². The molecule has 158 valence electrons. The minimum absolute atomic E-state index is 0.169. The lowest BCUT2D eigenvalue weighted by Crippen LogP contribution is -2.11. The topological polar surface area (TPSA) is 94.6 Å². The first-order valence-corrected chi connectivity index (χ1v) is 10.3. The molecule has 3 aromatic rings. The van der Waals surface area contributed by atoms with Crippen LogP contribution in [-0.2, 0) is 6.42 Å². The van der Waals surface area contributed by atoms with Gasteiger partial charge in [-0.25, -0.2) is 0 Å². The second kappa shape index (κ2) is 10.4. The molecule has 30 heavy (non-hydrogen) atoms.